The summed E-state index contributed by atoms with van der Waals surface area (Å²) in [7, 11) is 0. The number of rotatable bonds is 8. The summed E-state index contributed by atoms with van der Waals surface area (Å²) >= 11 is 3.75. The van der Waals surface area contributed by atoms with Crippen LogP contribution in [0, 0.1) is 0 Å². The first-order chi connectivity index (χ1) is 14.8. The highest BCUT2D eigenvalue weighted by Crippen LogP contribution is 2.31. The van der Waals surface area contributed by atoms with Gasteiger partial charge in [-0.2, -0.15) is 0 Å². The first-order valence-electron chi connectivity index (χ1n) is 9.97. The summed E-state index contributed by atoms with van der Waals surface area (Å²) in [4.78, 5) is 2.58. The van der Waals surface area contributed by atoms with Crippen molar-refractivity contribution in [3.63, 3.8) is 0 Å². The van der Waals surface area contributed by atoms with Crippen molar-refractivity contribution < 1.29 is 0 Å². The highest BCUT2D eigenvalue weighted by molar-refractivity contribution is 7.98. The second-order valence-corrected chi connectivity index (χ2v) is 9.15. The van der Waals surface area contributed by atoms with Crippen LogP contribution in [0.3, 0.4) is 0 Å². The molecule has 0 aromatic heterocycles. The van der Waals surface area contributed by atoms with Gasteiger partial charge in [-0.15, -0.1) is 23.5 Å². The van der Waals surface area contributed by atoms with E-state index in [-0.39, 0.29) is 0 Å². The van der Waals surface area contributed by atoms with Crippen LogP contribution in [-0.4, -0.2) is 0 Å². The number of benzene rings is 4. The molecule has 0 amide bonds. The van der Waals surface area contributed by atoms with Gasteiger partial charge in [-0.25, -0.2) is 0 Å². The molecule has 0 N–H and O–H groups in total. The smallest absolute Gasteiger partial charge is 0.0237 e. The van der Waals surface area contributed by atoms with Crippen LogP contribution in [0.4, 0.5) is 0 Å². The first kappa shape index (κ1) is 20.6. The van der Waals surface area contributed by atoms with Crippen LogP contribution in [0.5, 0.6) is 0 Å². The highest BCUT2D eigenvalue weighted by Gasteiger charge is 2.04. The van der Waals surface area contributed by atoms with Crippen molar-refractivity contribution >= 4 is 46.4 Å². The third kappa shape index (κ3) is 4.89. The normalized spacial score (nSPS) is 10.8. The molecule has 0 nitrogen and oxygen atoms in total. The van der Waals surface area contributed by atoms with Crippen molar-refractivity contribution in [3.05, 3.63) is 120 Å². The van der Waals surface area contributed by atoms with E-state index in [0.29, 0.717) is 0 Å². The fourth-order valence-electron chi connectivity index (χ4n) is 3.43. The number of hydrogen-bond donors (Lipinski definition) is 0. The lowest BCUT2D eigenvalue weighted by Crippen LogP contribution is -1.86. The van der Waals surface area contributed by atoms with E-state index in [1.54, 1.807) is 0 Å². The Morgan fingerprint density at radius 2 is 1.03 bits per heavy atom. The van der Waals surface area contributed by atoms with Gasteiger partial charge < -0.3 is 0 Å². The average molecular weight is 425 g/mol. The van der Waals surface area contributed by atoms with E-state index in [1.807, 2.05) is 35.7 Å². The SMILES string of the molecule is C=Cc1ccccc1CSc1ccc2ccc(SCc3ccccc3C=C)cc2c1. The van der Waals surface area contributed by atoms with E-state index in [2.05, 4.69) is 98.1 Å². The largest absolute Gasteiger partial charge is 0.121 e. The molecule has 0 radical (unpaired) electrons. The van der Waals surface area contributed by atoms with Gasteiger partial charge in [0, 0.05) is 21.3 Å². The predicted molar refractivity (Wildman–Crippen MR) is 136 cm³/mol. The second-order valence-electron chi connectivity index (χ2n) is 7.05. The number of thioether (sulfide) groups is 2. The van der Waals surface area contributed by atoms with Crippen molar-refractivity contribution in [2.75, 3.05) is 0 Å². The van der Waals surface area contributed by atoms with Gasteiger partial charge in [0.25, 0.3) is 0 Å². The third-order valence-electron chi connectivity index (χ3n) is 5.12. The van der Waals surface area contributed by atoms with E-state index in [0.717, 1.165) is 11.5 Å². The van der Waals surface area contributed by atoms with E-state index in [9.17, 15) is 0 Å². The molecule has 30 heavy (non-hydrogen) atoms. The molecule has 0 aliphatic carbocycles. The van der Waals surface area contributed by atoms with E-state index >= 15 is 0 Å². The van der Waals surface area contributed by atoms with E-state index < -0.39 is 0 Å². The van der Waals surface area contributed by atoms with Crippen molar-refractivity contribution in [2.24, 2.45) is 0 Å². The molecular weight excluding hydrogens is 400 g/mol. The van der Waals surface area contributed by atoms with E-state index in [4.69, 9.17) is 0 Å². The topological polar surface area (TPSA) is 0 Å². The molecule has 0 aliphatic heterocycles. The van der Waals surface area contributed by atoms with Gasteiger partial charge >= 0.3 is 0 Å². The van der Waals surface area contributed by atoms with Crippen LogP contribution in [0.15, 0.2) is 108 Å². The Hall–Kier alpha value is -2.68. The summed E-state index contributed by atoms with van der Waals surface area (Å²) in [5.74, 6) is 1.89. The molecule has 4 aromatic rings. The zero-order valence-corrected chi connectivity index (χ0v) is 18.5. The van der Waals surface area contributed by atoms with Gasteiger partial charge in [-0.1, -0.05) is 86.0 Å². The van der Waals surface area contributed by atoms with Gasteiger partial charge in [-0.3, -0.25) is 0 Å². The number of hydrogen-bond acceptors (Lipinski definition) is 2. The van der Waals surface area contributed by atoms with Gasteiger partial charge in [0.15, 0.2) is 0 Å². The second kappa shape index (κ2) is 9.88. The molecule has 4 rings (SSSR count). The molecule has 0 fully saturated rings. The van der Waals surface area contributed by atoms with Gasteiger partial charge in [0.05, 0.1) is 0 Å². The van der Waals surface area contributed by atoms with Crippen LogP contribution >= 0.6 is 23.5 Å². The lowest BCUT2D eigenvalue weighted by molar-refractivity contribution is 1.36. The maximum absolute atomic E-state index is 3.93. The zero-order chi connectivity index (χ0) is 20.8. The van der Waals surface area contributed by atoms with Gasteiger partial charge in [0.2, 0.25) is 0 Å². The van der Waals surface area contributed by atoms with Crippen molar-refractivity contribution in [1.82, 2.24) is 0 Å². The van der Waals surface area contributed by atoms with E-state index in [1.165, 1.54) is 42.8 Å². The molecule has 4 aromatic carbocycles. The fourth-order valence-corrected chi connectivity index (χ4v) is 5.35. The molecule has 0 atom stereocenters. The van der Waals surface area contributed by atoms with Crippen LogP contribution in [0.2, 0.25) is 0 Å². The van der Waals surface area contributed by atoms with Crippen LogP contribution in [-0.2, 0) is 11.5 Å². The lowest BCUT2D eigenvalue weighted by atomic mass is 10.1. The lowest BCUT2D eigenvalue weighted by Gasteiger charge is -2.09. The maximum atomic E-state index is 3.93. The minimum atomic E-state index is 0.945. The molecule has 2 heteroatoms. The molecule has 0 saturated carbocycles. The highest BCUT2D eigenvalue weighted by atomic mass is 32.2. The Morgan fingerprint density at radius 1 is 0.567 bits per heavy atom. The minimum Gasteiger partial charge on any atom is -0.121 e. The molecule has 0 bridgehead atoms. The molecule has 148 valence electrons. The summed E-state index contributed by atoms with van der Waals surface area (Å²) in [6, 6.07) is 30.4. The molecular formula is C28H24S2. The quantitative estimate of drug-likeness (QED) is 0.259. The Kier molecular flexibility index (Phi) is 6.78. The number of fused-ring (bicyclic) bond motifs is 1. The van der Waals surface area contributed by atoms with Crippen molar-refractivity contribution in [2.45, 2.75) is 21.3 Å². The van der Waals surface area contributed by atoms with Crippen molar-refractivity contribution in [3.8, 4) is 0 Å². The average Bonchev–Trinajstić information content (AvgIpc) is 2.81. The predicted octanol–water partition coefficient (Wildman–Crippen LogP) is 8.71. The molecule has 0 aliphatic rings. The molecule has 0 unspecified atom stereocenters. The Labute approximate surface area is 187 Å². The summed E-state index contributed by atoms with van der Waals surface area (Å²) in [5, 5.41) is 2.57. The zero-order valence-electron chi connectivity index (χ0n) is 16.9. The Morgan fingerprint density at radius 3 is 1.50 bits per heavy atom. The first-order valence-corrected chi connectivity index (χ1v) is 11.9. The summed E-state index contributed by atoms with van der Waals surface area (Å²) in [6.45, 7) is 7.86. The van der Waals surface area contributed by atoms with Gasteiger partial charge in [-0.05, 0) is 57.3 Å². The van der Waals surface area contributed by atoms with Gasteiger partial charge in [0.1, 0.15) is 0 Å². The third-order valence-corrected chi connectivity index (χ3v) is 7.21. The van der Waals surface area contributed by atoms with Crippen molar-refractivity contribution in [1.29, 1.82) is 0 Å². The van der Waals surface area contributed by atoms with Crippen LogP contribution in [0.1, 0.15) is 22.3 Å². The molecule has 0 heterocycles. The summed E-state index contributed by atoms with van der Waals surface area (Å²) in [6.07, 6.45) is 3.87. The fraction of sp³-hybridized carbons (Fsp3) is 0.0714. The molecule has 0 spiro atoms. The molecule has 0 saturated heterocycles. The standard InChI is InChI=1S/C28H24S2/c1-3-21-9-5-7-11-24(21)19-29-27-15-13-23-14-16-28(18-26(23)17-27)30-20-25-12-8-6-10-22(25)4-2/h3-18H,1-2,19-20H2. The summed E-state index contributed by atoms with van der Waals surface area (Å²) < 4.78 is 0. The van der Waals surface area contributed by atoms with Crippen LogP contribution in [0.25, 0.3) is 22.9 Å². The Balaban J connectivity index is 1.49. The Bertz CT molecular complexity index is 1100. The monoisotopic (exact) mass is 424 g/mol. The maximum Gasteiger partial charge on any atom is 0.0237 e. The van der Waals surface area contributed by atoms with Crippen LogP contribution < -0.4 is 0 Å². The minimum absolute atomic E-state index is 0.945. The summed E-state index contributed by atoms with van der Waals surface area (Å²) in [5.41, 5.74) is 5.07.